The highest BCUT2D eigenvalue weighted by molar-refractivity contribution is 6.38. The second kappa shape index (κ2) is 22.3. The predicted molar refractivity (Wildman–Crippen MR) is 280 cm³/mol. The molecule has 2 amide bonds. The highest BCUT2D eigenvalue weighted by Crippen LogP contribution is 2.42. The number of hydrogen-bond acceptors (Lipinski definition) is 4. The molecule has 5 aromatic carbocycles. The van der Waals surface area contributed by atoms with Gasteiger partial charge in [0.2, 0.25) is 11.8 Å². The van der Waals surface area contributed by atoms with E-state index >= 15 is 0 Å². The first-order chi connectivity index (χ1) is 31.7. The van der Waals surface area contributed by atoms with E-state index in [-0.39, 0.29) is 11.8 Å². The van der Waals surface area contributed by atoms with E-state index in [1.807, 2.05) is 0 Å². The minimum absolute atomic E-state index is 0.0826. The Morgan fingerprint density at radius 1 is 0.561 bits per heavy atom. The van der Waals surface area contributed by atoms with Crippen LogP contribution in [0.4, 0.5) is 0 Å². The molecular weight excluding hydrogens is 806 g/mol. The van der Waals surface area contributed by atoms with Crippen LogP contribution in [0.2, 0.25) is 12.6 Å². The fourth-order valence-electron chi connectivity index (χ4n) is 10.4. The Morgan fingerprint density at radius 2 is 0.909 bits per heavy atom. The van der Waals surface area contributed by atoms with Gasteiger partial charge in [0.05, 0.1) is 0 Å². The summed E-state index contributed by atoms with van der Waals surface area (Å²) >= 11 is 0. The quantitative estimate of drug-likeness (QED) is 0.0354. The highest BCUT2D eigenvalue weighted by atomic mass is 16.2. The van der Waals surface area contributed by atoms with Gasteiger partial charge in [-0.2, -0.15) is 0 Å². The van der Waals surface area contributed by atoms with Crippen molar-refractivity contribution in [2.24, 2.45) is 10.8 Å². The number of nitrogens with zero attached hydrogens (tertiary/aromatic N) is 2. The molecule has 2 heterocycles. The third-order valence-electron chi connectivity index (χ3n) is 14.4. The molecule has 0 aromatic heterocycles. The van der Waals surface area contributed by atoms with Crippen molar-refractivity contribution in [2.75, 3.05) is 26.2 Å². The summed E-state index contributed by atoms with van der Waals surface area (Å²) in [5.74, 6) is 0.746. The first kappa shape index (κ1) is 49.0. The molecule has 2 fully saturated rings. The van der Waals surface area contributed by atoms with Gasteiger partial charge in [0.25, 0.3) is 0 Å². The minimum atomic E-state index is -0.0826. The standard InChI is InChI=1S/C58H74B2N4O2/c1-41(2)55(65)61-31-17-33-63(35-43-19-9-11-21-45(43)53-27-29-57(5,6)39-59-53)37-51-47-23-13-15-25-49(47)52(50-26-16-14-24-48(50)51)38-64(34-18-32-62-56(66)42(3)4)36-44-20-10-12-22-46(44)54-28-30-58(7,8)40-60-54/h9-16,19-26,53-54H,1,3,17-18,27-40H2,2,4-8H3,(H,61,65)(H,62,66). The van der Waals surface area contributed by atoms with Gasteiger partial charge >= 0.3 is 0 Å². The number of fused-ring (bicyclic) bond motifs is 2. The van der Waals surface area contributed by atoms with Gasteiger partial charge in [0, 0.05) is 63.5 Å². The fraction of sp³-hybridized carbons (Fsp3) is 0.448. The summed E-state index contributed by atoms with van der Waals surface area (Å²) in [6.07, 6.45) is 8.74. The monoisotopic (exact) mass is 881 g/mol. The number of amides is 2. The molecule has 8 heteroatoms. The smallest absolute Gasteiger partial charge is 0.246 e. The molecule has 2 unspecified atom stereocenters. The van der Waals surface area contributed by atoms with E-state index in [1.165, 1.54) is 80.6 Å². The molecule has 0 aliphatic carbocycles. The average molecular weight is 881 g/mol. The van der Waals surface area contributed by atoms with E-state index in [0.29, 0.717) is 46.7 Å². The molecule has 0 bridgehead atoms. The SMILES string of the molecule is C=C(C)C(=O)NCCCN(Cc1ccccc1C1[B]CC(C)(C)CC1)Cc1c2ccccc2c(CN(CCCNC(=O)C(=C)C)Cc2ccccc2C2[B]CC(C)(C)CC2)c2ccccc12. The number of carbonyl (C=O) groups is 2. The molecule has 2 N–H and O–H groups in total. The Kier molecular flexibility index (Phi) is 16.5. The largest absolute Gasteiger partial charge is 0.352 e. The number of hydrogen-bond donors (Lipinski definition) is 2. The van der Waals surface area contributed by atoms with Gasteiger partial charge in [-0.25, -0.2) is 0 Å². The summed E-state index contributed by atoms with van der Waals surface area (Å²) in [5, 5.41) is 11.3. The molecule has 0 spiro atoms. The first-order valence-corrected chi connectivity index (χ1v) is 24.7. The first-order valence-electron chi connectivity index (χ1n) is 24.7. The van der Waals surface area contributed by atoms with Crippen molar-refractivity contribution >= 4 is 47.9 Å². The van der Waals surface area contributed by atoms with Crippen molar-refractivity contribution in [3.8, 4) is 0 Å². The molecule has 2 aliphatic heterocycles. The third kappa shape index (κ3) is 12.7. The second-order valence-electron chi connectivity index (χ2n) is 21.1. The maximum atomic E-state index is 12.5. The van der Waals surface area contributed by atoms with E-state index in [9.17, 15) is 9.59 Å². The summed E-state index contributed by atoms with van der Waals surface area (Å²) in [6.45, 7) is 26.9. The summed E-state index contributed by atoms with van der Waals surface area (Å²) < 4.78 is 0. The summed E-state index contributed by atoms with van der Waals surface area (Å²) in [7, 11) is 5.13. The van der Waals surface area contributed by atoms with Gasteiger partial charge in [-0.3, -0.25) is 19.4 Å². The number of rotatable bonds is 20. The van der Waals surface area contributed by atoms with E-state index < -0.39 is 0 Å². The maximum absolute atomic E-state index is 12.5. The molecule has 2 radical (unpaired) electrons. The van der Waals surface area contributed by atoms with Crippen LogP contribution in [-0.4, -0.2) is 62.4 Å². The molecular formula is C58H74B2N4O2. The van der Waals surface area contributed by atoms with Crippen molar-refractivity contribution in [2.45, 2.75) is 131 Å². The molecule has 7 rings (SSSR count). The van der Waals surface area contributed by atoms with Gasteiger partial charge in [0.1, 0.15) is 14.6 Å². The molecule has 5 aromatic rings. The van der Waals surface area contributed by atoms with Crippen molar-refractivity contribution in [3.63, 3.8) is 0 Å². The Morgan fingerprint density at radius 3 is 1.24 bits per heavy atom. The number of carbonyl (C=O) groups excluding carboxylic acids is 2. The van der Waals surface area contributed by atoms with E-state index in [4.69, 9.17) is 0 Å². The van der Waals surface area contributed by atoms with Crippen LogP contribution in [0.3, 0.4) is 0 Å². The van der Waals surface area contributed by atoms with Crippen molar-refractivity contribution in [3.05, 3.63) is 155 Å². The Bertz CT molecular complexity index is 2260. The lowest BCUT2D eigenvalue weighted by Gasteiger charge is -2.35. The van der Waals surface area contributed by atoms with Crippen molar-refractivity contribution in [1.29, 1.82) is 0 Å². The lowest BCUT2D eigenvalue weighted by Crippen LogP contribution is -2.31. The lowest BCUT2D eigenvalue weighted by molar-refractivity contribution is -0.118. The normalized spacial score (nSPS) is 17.9. The zero-order chi connectivity index (χ0) is 46.8. The zero-order valence-corrected chi connectivity index (χ0v) is 41.0. The van der Waals surface area contributed by atoms with E-state index in [1.54, 1.807) is 13.8 Å². The van der Waals surface area contributed by atoms with E-state index in [0.717, 1.165) is 64.8 Å². The highest BCUT2D eigenvalue weighted by Gasteiger charge is 2.31. The summed E-state index contributed by atoms with van der Waals surface area (Å²) in [4.78, 5) is 30.3. The van der Waals surface area contributed by atoms with Crippen LogP contribution in [0.5, 0.6) is 0 Å². The maximum Gasteiger partial charge on any atom is 0.246 e. The summed E-state index contributed by atoms with van der Waals surface area (Å²) in [5.41, 5.74) is 10.1. The molecule has 344 valence electrons. The van der Waals surface area contributed by atoms with Crippen LogP contribution in [0.25, 0.3) is 21.5 Å². The molecule has 0 saturated carbocycles. The van der Waals surface area contributed by atoms with Crippen molar-refractivity contribution < 1.29 is 9.59 Å². The number of benzene rings is 5. The van der Waals surface area contributed by atoms with Gasteiger partial charge in [-0.15, -0.1) is 0 Å². The summed E-state index contributed by atoms with van der Waals surface area (Å²) in [6, 6.07) is 36.3. The lowest BCUT2D eigenvalue weighted by atomic mass is 9.47. The topological polar surface area (TPSA) is 64.7 Å². The molecule has 66 heavy (non-hydrogen) atoms. The molecule has 2 aliphatic rings. The second-order valence-corrected chi connectivity index (χ2v) is 21.1. The Balaban J connectivity index is 1.23. The molecule has 2 atom stereocenters. The van der Waals surface area contributed by atoms with Crippen molar-refractivity contribution in [1.82, 2.24) is 20.4 Å². The minimum Gasteiger partial charge on any atom is -0.352 e. The van der Waals surface area contributed by atoms with Gasteiger partial charge in [0.15, 0.2) is 0 Å². The number of nitrogens with one attached hydrogen (secondary N) is 2. The molecule has 2 saturated heterocycles. The zero-order valence-electron chi connectivity index (χ0n) is 41.0. The Hall–Kier alpha value is -4.91. The van der Waals surface area contributed by atoms with Crippen LogP contribution in [0.1, 0.15) is 125 Å². The van der Waals surface area contributed by atoms with Crippen LogP contribution in [0.15, 0.2) is 121 Å². The Labute approximate surface area is 398 Å². The van der Waals surface area contributed by atoms with Crippen LogP contribution in [0, 0.1) is 10.8 Å². The van der Waals surface area contributed by atoms with Crippen LogP contribution >= 0.6 is 0 Å². The van der Waals surface area contributed by atoms with Gasteiger partial charge in [-0.1, -0.05) is 163 Å². The molecule has 6 nitrogen and oxygen atoms in total. The van der Waals surface area contributed by atoms with E-state index in [2.05, 4.69) is 173 Å². The van der Waals surface area contributed by atoms with Gasteiger partial charge < -0.3 is 10.6 Å². The predicted octanol–water partition coefficient (Wildman–Crippen LogP) is 12.1. The van der Waals surface area contributed by atoms with Gasteiger partial charge in [-0.05, 0) is 117 Å². The average Bonchev–Trinajstić information content (AvgIpc) is 3.30. The van der Waals surface area contributed by atoms with Crippen LogP contribution in [-0.2, 0) is 35.8 Å². The van der Waals surface area contributed by atoms with Crippen LogP contribution < -0.4 is 10.6 Å². The third-order valence-corrected chi connectivity index (χ3v) is 14.4. The fourth-order valence-corrected chi connectivity index (χ4v) is 10.4.